The Bertz CT molecular complexity index is 1320. The number of hydrogen-bond donors (Lipinski definition) is 3. The molecular formula is C26H23N3O3. The summed E-state index contributed by atoms with van der Waals surface area (Å²) < 4.78 is 0. The zero-order chi connectivity index (χ0) is 22.7. The molecule has 0 saturated heterocycles. The third-order valence-electron chi connectivity index (χ3n) is 5.56. The van der Waals surface area contributed by atoms with Crippen LogP contribution in [0.1, 0.15) is 27.4 Å². The summed E-state index contributed by atoms with van der Waals surface area (Å²) in [6.07, 6.45) is 3.49. The van der Waals surface area contributed by atoms with Crippen molar-refractivity contribution in [3.63, 3.8) is 0 Å². The fourth-order valence-corrected chi connectivity index (χ4v) is 3.90. The van der Waals surface area contributed by atoms with Gasteiger partial charge in [-0.15, -0.1) is 0 Å². The molecule has 0 spiro atoms. The monoisotopic (exact) mass is 425 g/mol. The van der Waals surface area contributed by atoms with Crippen LogP contribution in [-0.2, 0) is 4.79 Å². The van der Waals surface area contributed by atoms with Gasteiger partial charge in [-0.1, -0.05) is 42.5 Å². The topological polar surface area (TPSA) is 105 Å². The molecule has 6 nitrogen and oxygen atoms in total. The number of amides is 1. The van der Waals surface area contributed by atoms with Crippen molar-refractivity contribution in [1.29, 1.82) is 0 Å². The van der Waals surface area contributed by atoms with Gasteiger partial charge in [-0.05, 0) is 58.8 Å². The average molecular weight is 425 g/mol. The summed E-state index contributed by atoms with van der Waals surface area (Å²) in [7, 11) is 0. The summed E-state index contributed by atoms with van der Waals surface area (Å²) in [5, 5.41) is 14.4. The molecule has 3 aromatic carbocycles. The minimum absolute atomic E-state index is 0.147. The fourth-order valence-electron chi connectivity index (χ4n) is 3.90. The number of anilines is 1. The number of aromatic carboxylic acids is 1. The third kappa shape index (κ3) is 4.22. The van der Waals surface area contributed by atoms with Gasteiger partial charge in [-0.2, -0.15) is 0 Å². The van der Waals surface area contributed by atoms with E-state index in [1.165, 1.54) is 0 Å². The van der Waals surface area contributed by atoms with E-state index in [4.69, 9.17) is 5.73 Å². The van der Waals surface area contributed by atoms with E-state index < -0.39 is 11.9 Å². The van der Waals surface area contributed by atoms with Crippen LogP contribution in [0.5, 0.6) is 0 Å². The van der Waals surface area contributed by atoms with E-state index in [2.05, 4.69) is 10.3 Å². The minimum atomic E-state index is -0.977. The van der Waals surface area contributed by atoms with E-state index >= 15 is 0 Å². The molecule has 4 aromatic rings. The van der Waals surface area contributed by atoms with Crippen LogP contribution in [0.2, 0.25) is 0 Å². The van der Waals surface area contributed by atoms with Gasteiger partial charge in [0.15, 0.2) is 0 Å². The maximum Gasteiger partial charge on any atom is 0.336 e. The molecule has 0 fully saturated rings. The quantitative estimate of drug-likeness (QED) is 0.419. The van der Waals surface area contributed by atoms with E-state index in [1.54, 1.807) is 30.6 Å². The van der Waals surface area contributed by atoms with Crippen molar-refractivity contribution in [3.05, 3.63) is 95.8 Å². The van der Waals surface area contributed by atoms with E-state index in [1.807, 2.05) is 55.5 Å². The van der Waals surface area contributed by atoms with Crippen LogP contribution in [-0.4, -0.2) is 28.5 Å². The molecule has 0 bridgehead atoms. The highest BCUT2D eigenvalue weighted by atomic mass is 16.4. The number of benzene rings is 3. The first-order valence-electron chi connectivity index (χ1n) is 10.3. The van der Waals surface area contributed by atoms with E-state index in [-0.39, 0.29) is 18.0 Å². The summed E-state index contributed by atoms with van der Waals surface area (Å²) >= 11 is 0. The van der Waals surface area contributed by atoms with Crippen LogP contribution >= 0.6 is 0 Å². The van der Waals surface area contributed by atoms with Gasteiger partial charge in [0.25, 0.3) is 0 Å². The molecule has 1 aromatic heterocycles. The van der Waals surface area contributed by atoms with Crippen molar-refractivity contribution in [3.8, 4) is 11.1 Å². The van der Waals surface area contributed by atoms with Gasteiger partial charge >= 0.3 is 5.97 Å². The smallest absolute Gasteiger partial charge is 0.336 e. The van der Waals surface area contributed by atoms with Gasteiger partial charge in [-0.25, -0.2) is 4.79 Å². The highest BCUT2D eigenvalue weighted by molar-refractivity contribution is 5.99. The largest absolute Gasteiger partial charge is 0.478 e. The summed E-state index contributed by atoms with van der Waals surface area (Å²) in [6, 6.07) is 20.0. The molecule has 0 aliphatic carbocycles. The first-order valence-corrected chi connectivity index (χ1v) is 10.3. The number of carboxylic acids is 1. The first-order chi connectivity index (χ1) is 15.5. The second kappa shape index (κ2) is 8.99. The van der Waals surface area contributed by atoms with Gasteiger partial charge in [0.1, 0.15) is 0 Å². The Balaban J connectivity index is 1.60. The maximum absolute atomic E-state index is 13.0. The number of pyridine rings is 1. The van der Waals surface area contributed by atoms with Gasteiger partial charge in [0.05, 0.1) is 11.5 Å². The Labute approximate surface area is 185 Å². The molecule has 4 rings (SSSR count). The predicted octanol–water partition coefficient (Wildman–Crippen LogP) is 4.59. The zero-order valence-electron chi connectivity index (χ0n) is 17.6. The normalized spacial score (nSPS) is 11.8. The summed E-state index contributed by atoms with van der Waals surface area (Å²) in [5.41, 5.74) is 10.0. The van der Waals surface area contributed by atoms with Crippen molar-refractivity contribution in [2.75, 3.05) is 11.9 Å². The Kier molecular flexibility index (Phi) is 5.96. The molecule has 0 saturated carbocycles. The van der Waals surface area contributed by atoms with Gasteiger partial charge in [0.2, 0.25) is 5.91 Å². The summed E-state index contributed by atoms with van der Waals surface area (Å²) in [6.45, 7) is 2.05. The molecule has 6 heteroatoms. The van der Waals surface area contributed by atoms with Crippen molar-refractivity contribution in [2.24, 2.45) is 5.73 Å². The molecule has 4 N–H and O–H groups in total. The molecule has 160 valence electrons. The van der Waals surface area contributed by atoms with E-state index in [0.29, 0.717) is 11.3 Å². The van der Waals surface area contributed by atoms with E-state index in [0.717, 1.165) is 27.5 Å². The number of hydrogen-bond acceptors (Lipinski definition) is 4. The summed E-state index contributed by atoms with van der Waals surface area (Å²) in [4.78, 5) is 28.7. The number of carbonyl (C=O) groups is 2. The van der Waals surface area contributed by atoms with Crippen molar-refractivity contribution in [2.45, 2.75) is 12.8 Å². The van der Waals surface area contributed by atoms with E-state index in [9.17, 15) is 14.7 Å². The second-order valence-electron chi connectivity index (χ2n) is 7.64. The number of fused-ring (bicyclic) bond motifs is 1. The molecule has 1 amide bonds. The van der Waals surface area contributed by atoms with Crippen LogP contribution in [0, 0.1) is 6.92 Å². The lowest BCUT2D eigenvalue weighted by atomic mass is 9.90. The van der Waals surface area contributed by atoms with Crippen LogP contribution < -0.4 is 11.1 Å². The third-order valence-corrected chi connectivity index (χ3v) is 5.56. The van der Waals surface area contributed by atoms with Crippen LogP contribution in [0.3, 0.4) is 0 Å². The van der Waals surface area contributed by atoms with Crippen molar-refractivity contribution >= 4 is 28.3 Å². The number of aromatic nitrogens is 1. The summed E-state index contributed by atoms with van der Waals surface area (Å²) in [5.74, 6) is -1.71. The highest BCUT2D eigenvalue weighted by Crippen LogP contribution is 2.30. The van der Waals surface area contributed by atoms with Gasteiger partial charge in [-0.3, -0.25) is 9.78 Å². The highest BCUT2D eigenvalue weighted by Gasteiger charge is 2.21. The zero-order valence-corrected chi connectivity index (χ0v) is 17.6. The Morgan fingerprint density at radius 3 is 2.56 bits per heavy atom. The Morgan fingerprint density at radius 2 is 1.81 bits per heavy atom. The van der Waals surface area contributed by atoms with Crippen LogP contribution in [0.4, 0.5) is 5.69 Å². The lowest BCUT2D eigenvalue weighted by Crippen LogP contribution is -2.27. The van der Waals surface area contributed by atoms with Crippen molar-refractivity contribution in [1.82, 2.24) is 4.98 Å². The number of nitrogens with zero attached hydrogens (tertiary/aromatic N) is 1. The number of nitrogens with two attached hydrogens (primary N) is 1. The number of rotatable bonds is 6. The molecule has 0 aliphatic heterocycles. The number of nitrogens with one attached hydrogen (secondary N) is 1. The first kappa shape index (κ1) is 21.2. The molecule has 32 heavy (non-hydrogen) atoms. The van der Waals surface area contributed by atoms with Gasteiger partial charge < -0.3 is 16.2 Å². The average Bonchev–Trinajstić information content (AvgIpc) is 2.79. The van der Waals surface area contributed by atoms with Crippen LogP contribution in [0.15, 0.2) is 79.1 Å². The number of aryl methyl sites for hydroxylation is 1. The standard InChI is InChI=1S/C26H23N3O3/c1-16-12-18(7-9-21(16)22-4-2-3-5-23(22)26(31)32)24(14-27)25(30)29-20-8-6-19-15-28-11-10-17(19)13-20/h2-13,15,24H,14,27H2,1H3,(H,29,30)(H,31,32). The van der Waals surface area contributed by atoms with Crippen LogP contribution in [0.25, 0.3) is 21.9 Å². The molecule has 1 unspecified atom stereocenters. The maximum atomic E-state index is 13.0. The lowest BCUT2D eigenvalue weighted by molar-refractivity contribution is -0.117. The Hall–Kier alpha value is -4.03. The fraction of sp³-hybridized carbons (Fsp3) is 0.115. The molecule has 1 heterocycles. The molecule has 0 radical (unpaired) electrons. The molecular weight excluding hydrogens is 402 g/mol. The number of carbonyl (C=O) groups excluding carboxylic acids is 1. The van der Waals surface area contributed by atoms with Crippen molar-refractivity contribution < 1.29 is 14.7 Å². The minimum Gasteiger partial charge on any atom is -0.478 e. The Morgan fingerprint density at radius 1 is 1.00 bits per heavy atom. The SMILES string of the molecule is Cc1cc(C(CN)C(=O)Nc2ccc3cnccc3c2)ccc1-c1ccccc1C(=O)O. The number of carboxylic acid groups (broad SMARTS) is 1. The molecule has 1 atom stereocenters. The molecule has 0 aliphatic rings. The lowest BCUT2D eigenvalue weighted by Gasteiger charge is -2.18. The van der Waals surface area contributed by atoms with Gasteiger partial charge in [0, 0.05) is 30.0 Å². The predicted molar refractivity (Wildman–Crippen MR) is 126 cm³/mol. The second-order valence-corrected chi connectivity index (χ2v) is 7.64.